The zero-order valence-corrected chi connectivity index (χ0v) is 17.3. The quantitative estimate of drug-likeness (QED) is 0.677. The monoisotopic (exact) mass is 399 g/mol. The van der Waals surface area contributed by atoms with Gasteiger partial charge in [0.15, 0.2) is 0 Å². The van der Waals surface area contributed by atoms with Crippen molar-refractivity contribution in [2.75, 3.05) is 12.0 Å². The Balaban J connectivity index is 2.03. The van der Waals surface area contributed by atoms with Crippen LogP contribution in [0.25, 0.3) is 6.08 Å². The van der Waals surface area contributed by atoms with Crippen LogP contribution < -0.4 is 0 Å². The van der Waals surface area contributed by atoms with E-state index in [9.17, 15) is 8.42 Å². The molecular weight excluding hydrogens is 374 g/mol. The maximum absolute atomic E-state index is 12.4. The molecule has 2 aromatic rings. The molecule has 0 bridgehead atoms. The van der Waals surface area contributed by atoms with Crippen LogP contribution in [0.2, 0.25) is 0 Å². The van der Waals surface area contributed by atoms with E-state index in [1.807, 2.05) is 54.7 Å². The maximum atomic E-state index is 12.4. The summed E-state index contributed by atoms with van der Waals surface area (Å²) in [5, 5.41) is -0.0796. The molecule has 0 unspecified atom stereocenters. The van der Waals surface area contributed by atoms with Gasteiger partial charge in [-0.15, -0.1) is 11.8 Å². The Hall–Kier alpha value is -1.98. The van der Waals surface area contributed by atoms with Gasteiger partial charge in [-0.2, -0.15) is 0 Å². The molecule has 0 aromatic heterocycles. The number of benzene rings is 2. The molecule has 0 saturated carbocycles. The van der Waals surface area contributed by atoms with Crippen molar-refractivity contribution in [3.8, 4) is 0 Å². The first kappa shape index (κ1) is 19.8. The number of thioether (sulfide) groups is 1. The second-order valence-corrected chi connectivity index (χ2v) is 9.92. The second kappa shape index (κ2) is 8.81. The number of sulfonamides is 1. The summed E-state index contributed by atoms with van der Waals surface area (Å²) in [5.74, 6) is 1.05. The fourth-order valence-corrected chi connectivity index (χ4v) is 5.73. The highest BCUT2D eigenvalue weighted by Gasteiger charge is 2.33. The number of allylic oxidation sites excluding steroid dienone is 2. The molecular formula is C22H25NO2S2. The van der Waals surface area contributed by atoms with Crippen LogP contribution in [0.5, 0.6) is 0 Å². The molecule has 2 aromatic carbocycles. The fourth-order valence-electron chi connectivity index (χ4n) is 3.33. The summed E-state index contributed by atoms with van der Waals surface area (Å²) >= 11 is 1.68. The molecule has 0 radical (unpaired) electrons. The SMILES string of the molecule is CCS[C@H]1C[C@@H](c2ccccc2)C(/C=C/c2ccccc2)=CN1S(C)(=O)=O. The van der Waals surface area contributed by atoms with E-state index >= 15 is 0 Å². The lowest BCUT2D eigenvalue weighted by Crippen LogP contribution is -2.38. The molecule has 1 aliphatic heterocycles. The predicted octanol–water partition coefficient (Wildman–Crippen LogP) is 5.11. The Bertz CT molecular complexity index is 906. The van der Waals surface area contributed by atoms with Crippen molar-refractivity contribution >= 4 is 27.9 Å². The van der Waals surface area contributed by atoms with Gasteiger partial charge in [0, 0.05) is 12.1 Å². The van der Waals surface area contributed by atoms with E-state index in [4.69, 9.17) is 0 Å². The summed E-state index contributed by atoms with van der Waals surface area (Å²) in [5.41, 5.74) is 3.33. The van der Waals surface area contributed by atoms with E-state index in [1.54, 1.807) is 11.8 Å². The summed E-state index contributed by atoms with van der Waals surface area (Å²) in [6.45, 7) is 2.07. The molecule has 3 nitrogen and oxygen atoms in total. The molecule has 142 valence electrons. The molecule has 0 N–H and O–H groups in total. The van der Waals surface area contributed by atoms with Crippen molar-refractivity contribution in [3.05, 3.63) is 89.6 Å². The first-order valence-corrected chi connectivity index (χ1v) is 12.0. The van der Waals surface area contributed by atoms with E-state index in [2.05, 4.69) is 31.2 Å². The molecule has 0 saturated heterocycles. The molecule has 0 aliphatic carbocycles. The highest BCUT2D eigenvalue weighted by atomic mass is 32.2. The molecule has 5 heteroatoms. The minimum Gasteiger partial charge on any atom is -0.264 e. The van der Waals surface area contributed by atoms with Crippen LogP contribution in [-0.2, 0) is 10.0 Å². The molecule has 3 rings (SSSR count). The smallest absolute Gasteiger partial charge is 0.232 e. The number of hydrogen-bond donors (Lipinski definition) is 0. The topological polar surface area (TPSA) is 37.4 Å². The first-order chi connectivity index (χ1) is 13.0. The van der Waals surface area contributed by atoms with E-state index < -0.39 is 10.0 Å². The zero-order chi connectivity index (χ0) is 19.3. The van der Waals surface area contributed by atoms with Gasteiger partial charge in [-0.25, -0.2) is 8.42 Å². The van der Waals surface area contributed by atoms with Gasteiger partial charge in [0.05, 0.1) is 11.6 Å². The molecule has 2 atom stereocenters. The van der Waals surface area contributed by atoms with E-state index in [-0.39, 0.29) is 11.3 Å². The van der Waals surface area contributed by atoms with Gasteiger partial charge in [-0.1, -0.05) is 79.7 Å². The van der Waals surface area contributed by atoms with Gasteiger partial charge in [0.2, 0.25) is 10.0 Å². The molecule has 1 aliphatic rings. The van der Waals surface area contributed by atoms with Crippen LogP contribution in [0.15, 0.2) is 78.5 Å². The molecule has 0 fully saturated rings. The van der Waals surface area contributed by atoms with Gasteiger partial charge in [-0.05, 0) is 28.9 Å². The molecule has 0 spiro atoms. The van der Waals surface area contributed by atoms with Crippen LogP contribution in [0.1, 0.15) is 30.4 Å². The van der Waals surface area contributed by atoms with Crippen molar-refractivity contribution in [1.29, 1.82) is 0 Å². The van der Waals surface area contributed by atoms with E-state index in [0.29, 0.717) is 0 Å². The summed E-state index contributed by atoms with van der Waals surface area (Å²) < 4.78 is 26.3. The van der Waals surface area contributed by atoms with Crippen LogP contribution in [-0.4, -0.2) is 30.1 Å². The largest absolute Gasteiger partial charge is 0.264 e. The van der Waals surface area contributed by atoms with Gasteiger partial charge in [-0.3, -0.25) is 4.31 Å². The van der Waals surface area contributed by atoms with Crippen molar-refractivity contribution in [3.63, 3.8) is 0 Å². The maximum Gasteiger partial charge on any atom is 0.232 e. The molecule has 0 amide bonds. The van der Waals surface area contributed by atoms with Gasteiger partial charge < -0.3 is 0 Å². The first-order valence-electron chi connectivity index (χ1n) is 9.09. The van der Waals surface area contributed by atoms with Crippen LogP contribution >= 0.6 is 11.8 Å². The lowest BCUT2D eigenvalue weighted by molar-refractivity contribution is 0.431. The minimum absolute atomic E-state index is 0.0796. The van der Waals surface area contributed by atoms with E-state index in [0.717, 1.165) is 23.3 Å². The van der Waals surface area contributed by atoms with Crippen molar-refractivity contribution < 1.29 is 8.42 Å². The van der Waals surface area contributed by atoms with Crippen molar-refractivity contribution in [2.24, 2.45) is 0 Å². The summed E-state index contributed by atoms with van der Waals surface area (Å²) in [6.07, 6.45) is 7.98. The van der Waals surface area contributed by atoms with Crippen molar-refractivity contribution in [1.82, 2.24) is 4.31 Å². The van der Waals surface area contributed by atoms with Gasteiger partial charge in [0.25, 0.3) is 0 Å². The fraction of sp³-hybridized carbons (Fsp3) is 0.273. The minimum atomic E-state index is -3.32. The Morgan fingerprint density at radius 1 is 1.04 bits per heavy atom. The Kier molecular flexibility index (Phi) is 6.45. The van der Waals surface area contributed by atoms with Crippen LogP contribution in [0, 0.1) is 0 Å². The lowest BCUT2D eigenvalue weighted by atomic mass is 9.86. The van der Waals surface area contributed by atoms with E-state index in [1.165, 1.54) is 16.1 Å². The number of rotatable bonds is 6. The van der Waals surface area contributed by atoms with Gasteiger partial charge in [0.1, 0.15) is 0 Å². The summed E-state index contributed by atoms with van der Waals surface area (Å²) in [7, 11) is -3.32. The predicted molar refractivity (Wildman–Crippen MR) is 116 cm³/mol. The lowest BCUT2D eigenvalue weighted by Gasteiger charge is -2.37. The van der Waals surface area contributed by atoms with Crippen LogP contribution in [0.4, 0.5) is 0 Å². The average molecular weight is 400 g/mol. The average Bonchev–Trinajstić information content (AvgIpc) is 2.67. The third-order valence-corrected chi connectivity index (χ3v) is 7.01. The Morgan fingerprint density at radius 2 is 1.67 bits per heavy atom. The zero-order valence-electron chi connectivity index (χ0n) is 15.7. The third kappa shape index (κ3) is 5.05. The standard InChI is InChI=1S/C22H25NO2S2/c1-3-26-22-16-21(19-12-8-5-9-13-19)20(17-23(22)27(2,24)25)15-14-18-10-6-4-7-11-18/h4-15,17,21-22H,3,16H2,1-2H3/b15-14+/t21-,22-/m0/s1. The second-order valence-electron chi connectivity index (χ2n) is 6.57. The summed E-state index contributed by atoms with van der Waals surface area (Å²) in [6, 6.07) is 20.4. The number of nitrogens with zero attached hydrogens (tertiary/aromatic N) is 1. The highest BCUT2D eigenvalue weighted by molar-refractivity contribution is 8.00. The Labute approximate surface area is 166 Å². The Morgan fingerprint density at radius 3 is 2.26 bits per heavy atom. The third-order valence-electron chi connectivity index (χ3n) is 4.61. The normalized spacial score (nSPS) is 20.7. The summed E-state index contributed by atoms with van der Waals surface area (Å²) in [4.78, 5) is 0. The van der Waals surface area contributed by atoms with Crippen LogP contribution in [0.3, 0.4) is 0 Å². The number of hydrogen-bond acceptors (Lipinski definition) is 3. The molecule has 1 heterocycles. The highest BCUT2D eigenvalue weighted by Crippen LogP contribution is 2.40. The van der Waals surface area contributed by atoms with Crippen molar-refractivity contribution in [2.45, 2.75) is 24.6 Å². The van der Waals surface area contributed by atoms with Gasteiger partial charge >= 0.3 is 0 Å². The molecule has 27 heavy (non-hydrogen) atoms.